The second-order valence-corrected chi connectivity index (χ2v) is 6.51. The lowest BCUT2D eigenvalue weighted by atomic mass is 10.2. The highest BCUT2D eigenvalue weighted by molar-refractivity contribution is 5.95. The van der Waals surface area contributed by atoms with Crippen molar-refractivity contribution in [2.75, 3.05) is 6.54 Å². The van der Waals surface area contributed by atoms with E-state index in [-0.39, 0.29) is 12.5 Å². The summed E-state index contributed by atoms with van der Waals surface area (Å²) >= 11 is 0. The SMILES string of the molecule is Cc1cc(C)n(-c2ccc(C(=O)NCC(=O)OC(C)(C)C)cn2)n1. The predicted molar refractivity (Wildman–Crippen MR) is 89.0 cm³/mol. The van der Waals surface area contributed by atoms with Gasteiger partial charge in [0.1, 0.15) is 12.1 Å². The molecule has 24 heavy (non-hydrogen) atoms. The molecule has 0 aliphatic rings. The fraction of sp³-hybridized carbons (Fsp3) is 0.412. The van der Waals surface area contributed by atoms with E-state index in [4.69, 9.17) is 4.74 Å². The molecule has 0 saturated heterocycles. The highest BCUT2D eigenvalue weighted by atomic mass is 16.6. The molecule has 0 aromatic carbocycles. The average molecular weight is 330 g/mol. The van der Waals surface area contributed by atoms with Crippen molar-refractivity contribution in [1.82, 2.24) is 20.1 Å². The van der Waals surface area contributed by atoms with Gasteiger partial charge in [0.15, 0.2) is 5.82 Å². The van der Waals surface area contributed by atoms with E-state index in [1.54, 1.807) is 37.6 Å². The summed E-state index contributed by atoms with van der Waals surface area (Å²) in [6.07, 6.45) is 1.45. The lowest BCUT2D eigenvalue weighted by Gasteiger charge is -2.19. The van der Waals surface area contributed by atoms with Crippen LogP contribution in [0.15, 0.2) is 24.4 Å². The second-order valence-electron chi connectivity index (χ2n) is 6.51. The average Bonchev–Trinajstić information content (AvgIpc) is 2.82. The van der Waals surface area contributed by atoms with E-state index >= 15 is 0 Å². The third kappa shape index (κ3) is 4.65. The van der Waals surface area contributed by atoms with Crippen molar-refractivity contribution >= 4 is 11.9 Å². The first kappa shape index (κ1) is 17.7. The second kappa shape index (κ2) is 6.82. The summed E-state index contributed by atoms with van der Waals surface area (Å²) < 4.78 is 6.84. The van der Waals surface area contributed by atoms with Gasteiger partial charge in [-0.1, -0.05) is 0 Å². The van der Waals surface area contributed by atoms with Gasteiger partial charge < -0.3 is 10.1 Å². The molecular weight excluding hydrogens is 308 g/mol. The van der Waals surface area contributed by atoms with Crippen molar-refractivity contribution < 1.29 is 14.3 Å². The Bertz CT molecular complexity index is 742. The van der Waals surface area contributed by atoms with Crippen molar-refractivity contribution in [2.45, 2.75) is 40.2 Å². The normalized spacial score (nSPS) is 11.2. The first-order valence-corrected chi connectivity index (χ1v) is 7.65. The molecule has 1 N–H and O–H groups in total. The van der Waals surface area contributed by atoms with Crippen LogP contribution in [-0.4, -0.2) is 38.8 Å². The number of pyridine rings is 1. The maximum absolute atomic E-state index is 12.1. The summed E-state index contributed by atoms with van der Waals surface area (Å²) in [6, 6.07) is 5.30. The molecule has 0 spiro atoms. The van der Waals surface area contributed by atoms with Gasteiger partial charge in [-0.2, -0.15) is 5.10 Å². The first-order valence-electron chi connectivity index (χ1n) is 7.65. The van der Waals surface area contributed by atoms with Gasteiger partial charge in [-0.15, -0.1) is 0 Å². The minimum absolute atomic E-state index is 0.185. The van der Waals surface area contributed by atoms with E-state index in [1.807, 2.05) is 19.9 Å². The number of aryl methyl sites for hydroxylation is 2. The van der Waals surface area contributed by atoms with Gasteiger partial charge >= 0.3 is 5.97 Å². The van der Waals surface area contributed by atoms with Crippen LogP contribution in [0.25, 0.3) is 5.82 Å². The molecule has 0 aliphatic heterocycles. The molecule has 2 heterocycles. The number of hydrogen-bond acceptors (Lipinski definition) is 5. The van der Waals surface area contributed by atoms with Crippen LogP contribution in [0.5, 0.6) is 0 Å². The molecule has 0 saturated carbocycles. The number of aromatic nitrogens is 3. The topological polar surface area (TPSA) is 86.1 Å². The number of esters is 1. The minimum Gasteiger partial charge on any atom is -0.459 e. The molecule has 0 aliphatic carbocycles. The molecule has 0 atom stereocenters. The van der Waals surface area contributed by atoms with E-state index in [9.17, 15) is 9.59 Å². The van der Waals surface area contributed by atoms with Gasteiger partial charge in [0, 0.05) is 11.9 Å². The van der Waals surface area contributed by atoms with Gasteiger partial charge in [0.25, 0.3) is 5.91 Å². The standard InChI is InChI=1S/C17H22N4O3/c1-11-8-12(2)21(20-11)14-7-6-13(9-18-14)16(23)19-10-15(22)24-17(3,4)5/h6-9H,10H2,1-5H3,(H,19,23). The van der Waals surface area contributed by atoms with Crippen LogP contribution >= 0.6 is 0 Å². The van der Waals surface area contributed by atoms with Crippen LogP contribution in [0.2, 0.25) is 0 Å². The van der Waals surface area contributed by atoms with Gasteiger partial charge in [-0.3, -0.25) is 9.59 Å². The summed E-state index contributed by atoms with van der Waals surface area (Å²) in [7, 11) is 0. The lowest BCUT2D eigenvalue weighted by molar-refractivity contribution is -0.153. The summed E-state index contributed by atoms with van der Waals surface area (Å²) in [5.41, 5.74) is 1.64. The minimum atomic E-state index is -0.579. The van der Waals surface area contributed by atoms with Crippen molar-refractivity contribution in [3.63, 3.8) is 0 Å². The summed E-state index contributed by atoms with van der Waals surface area (Å²) in [6.45, 7) is 8.97. The zero-order chi connectivity index (χ0) is 17.9. The summed E-state index contributed by atoms with van der Waals surface area (Å²) in [5.74, 6) is -0.236. The van der Waals surface area contributed by atoms with Gasteiger partial charge in [0.2, 0.25) is 0 Å². The van der Waals surface area contributed by atoms with Crippen LogP contribution in [0.3, 0.4) is 0 Å². The van der Waals surface area contributed by atoms with E-state index in [2.05, 4.69) is 15.4 Å². The van der Waals surface area contributed by atoms with E-state index in [0.29, 0.717) is 11.4 Å². The molecule has 2 aromatic rings. The number of carbonyl (C=O) groups is 2. The van der Waals surface area contributed by atoms with Crippen molar-refractivity contribution in [3.8, 4) is 5.82 Å². The third-order valence-corrected chi connectivity index (χ3v) is 3.05. The van der Waals surface area contributed by atoms with E-state index in [0.717, 1.165) is 11.4 Å². The van der Waals surface area contributed by atoms with Crippen LogP contribution in [0.4, 0.5) is 0 Å². The highest BCUT2D eigenvalue weighted by Gasteiger charge is 2.17. The van der Waals surface area contributed by atoms with Gasteiger partial charge in [0.05, 0.1) is 11.3 Å². The molecule has 1 amide bonds. The number of carbonyl (C=O) groups excluding carboxylic acids is 2. The first-order chi connectivity index (χ1) is 11.2. The lowest BCUT2D eigenvalue weighted by Crippen LogP contribution is -2.34. The molecule has 2 rings (SSSR count). The Kier molecular flexibility index (Phi) is 5.02. The Morgan fingerprint density at radius 3 is 2.46 bits per heavy atom. The Balaban J connectivity index is 1.99. The van der Waals surface area contributed by atoms with Crippen LogP contribution in [-0.2, 0) is 9.53 Å². The zero-order valence-corrected chi connectivity index (χ0v) is 14.6. The van der Waals surface area contributed by atoms with Gasteiger partial charge in [-0.05, 0) is 52.8 Å². The highest BCUT2D eigenvalue weighted by Crippen LogP contribution is 2.10. The smallest absolute Gasteiger partial charge is 0.325 e. The Labute approximate surface area is 141 Å². The Morgan fingerprint density at radius 2 is 1.96 bits per heavy atom. The number of amides is 1. The maximum Gasteiger partial charge on any atom is 0.325 e. The number of ether oxygens (including phenoxy) is 1. The van der Waals surface area contributed by atoms with E-state index < -0.39 is 11.6 Å². The molecule has 7 heteroatoms. The summed E-state index contributed by atoms with van der Waals surface area (Å²) in [5, 5.41) is 6.86. The van der Waals surface area contributed by atoms with Crippen LogP contribution < -0.4 is 5.32 Å². The predicted octanol–water partition coefficient (Wildman–Crippen LogP) is 1.96. The number of rotatable bonds is 4. The van der Waals surface area contributed by atoms with Crippen molar-refractivity contribution in [3.05, 3.63) is 41.3 Å². The number of nitrogens with zero attached hydrogens (tertiary/aromatic N) is 3. The monoisotopic (exact) mass is 330 g/mol. The third-order valence-electron chi connectivity index (χ3n) is 3.05. The maximum atomic E-state index is 12.1. The molecule has 2 aromatic heterocycles. The van der Waals surface area contributed by atoms with Crippen molar-refractivity contribution in [2.24, 2.45) is 0 Å². The molecule has 7 nitrogen and oxygen atoms in total. The fourth-order valence-corrected chi connectivity index (χ4v) is 2.14. The zero-order valence-electron chi connectivity index (χ0n) is 14.6. The van der Waals surface area contributed by atoms with E-state index in [1.165, 1.54) is 6.20 Å². The molecule has 128 valence electrons. The van der Waals surface area contributed by atoms with Gasteiger partial charge in [-0.25, -0.2) is 9.67 Å². The molecule has 0 radical (unpaired) electrons. The molecular formula is C17H22N4O3. The number of nitrogens with one attached hydrogen (secondary N) is 1. The number of hydrogen-bond donors (Lipinski definition) is 1. The fourth-order valence-electron chi connectivity index (χ4n) is 2.14. The Hall–Kier alpha value is -2.70. The largest absolute Gasteiger partial charge is 0.459 e. The Morgan fingerprint density at radius 1 is 1.25 bits per heavy atom. The molecule has 0 bridgehead atoms. The quantitative estimate of drug-likeness (QED) is 0.866. The molecule has 0 unspecified atom stereocenters. The van der Waals surface area contributed by atoms with Crippen LogP contribution in [0.1, 0.15) is 42.5 Å². The summed E-state index contributed by atoms with van der Waals surface area (Å²) in [4.78, 5) is 27.9. The van der Waals surface area contributed by atoms with Crippen LogP contribution in [0, 0.1) is 13.8 Å². The molecule has 0 fully saturated rings. The van der Waals surface area contributed by atoms with Crippen molar-refractivity contribution in [1.29, 1.82) is 0 Å².